The highest BCUT2D eigenvalue weighted by Crippen LogP contribution is 2.23. The van der Waals surface area contributed by atoms with E-state index in [0.717, 1.165) is 14.7 Å². The summed E-state index contributed by atoms with van der Waals surface area (Å²) in [6.07, 6.45) is 3.42. The fourth-order valence-electron chi connectivity index (χ4n) is 1.49. The molecule has 1 aromatic heterocycles. The van der Waals surface area contributed by atoms with E-state index in [0.29, 0.717) is 6.42 Å². The molecule has 1 N–H and O–H groups in total. The summed E-state index contributed by atoms with van der Waals surface area (Å²) in [6.45, 7) is 0. The van der Waals surface area contributed by atoms with E-state index in [1.165, 1.54) is 0 Å². The third kappa shape index (κ3) is 2.60. The second-order valence-electron chi connectivity index (χ2n) is 3.37. The van der Waals surface area contributed by atoms with Crippen LogP contribution in [0.25, 0.3) is 0 Å². The molecule has 2 nitrogen and oxygen atoms in total. The van der Waals surface area contributed by atoms with E-state index in [1.807, 2.05) is 30.3 Å². The second kappa shape index (κ2) is 4.81. The van der Waals surface area contributed by atoms with E-state index >= 15 is 0 Å². The Morgan fingerprint density at radius 3 is 2.73 bits per heavy atom. The molecule has 0 aliphatic rings. The maximum absolute atomic E-state index is 10.0. The molecule has 3 heteroatoms. The monoisotopic (exact) mass is 314 g/mol. The van der Waals surface area contributed by atoms with Crippen LogP contribution in [0.3, 0.4) is 0 Å². The third-order valence-corrected chi connectivity index (χ3v) is 3.26. The number of benzene rings is 1. The first-order chi connectivity index (χ1) is 7.27. The molecule has 0 saturated heterocycles. The van der Waals surface area contributed by atoms with Crippen molar-refractivity contribution in [2.24, 2.45) is 0 Å². The van der Waals surface area contributed by atoms with Crippen LogP contribution in [-0.2, 0) is 6.42 Å². The molecule has 0 aliphatic carbocycles. The van der Waals surface area contributed by atoms with Crippen LogP contribution in [0.15, 0.2) is 47.3 Å². The minimum Gasteiger partial charge on any atom is -0.472 e. The first-order valence-electron chi connectivity index (χ1n) is 4.71. The topological polar surface area (TPSA) is 33.4 Å². The molecule has 2 aromatic rings. The molecule has 1 aromatic carbocycles. The lowest BCUT2D eigenvalue weighted by molar-refractivity contribution is 0.177. The minimum absolute atomic E-state index is 0.462. The van der Waals surface area contributed by atoms with E-state index in [2.05, 4.69) is 22.6 Å². The van der Waals surface area contributed by atoms with Gasteiger partial charge in [-0.1, -0.05) is 18.2 Å². The van der Waals surface area contributed by atoms with Gasteiger partial charge < -0.3 is 9.52 Å². The molecule has 0 spiro atoms. The van der Waals surface area contributed by atoms with Gasteiger partial charge in [-0.2, -0.15) is 0 Å². The Hall–Kier alpha value is -0.810. The predicted molar refractivity (Wildman–Crippen MR) is 66.5 cm³/mol. The van der Waals surface area contributed by atoms with Crippen LogP contribution in [0.1, 0.15) is 17.2 Å². The molecular formula is C12H11IO2. The second-order valence-corrected chi connectivity index (χ2v) is 4.54. The molecule has 0 fully saturated rings. The van der Waals surface area contributed by atoms with E-state index in [9.17, 15) is 5.11 Å². The Kier molecular flexibility index (Phi) is 3.43. The summed E-state index contributed by atoms with van der Waals surface area (Å²) in [5, 5.41) is 10.0. The third-order valence-electron chi connectivity index (χ3n) is 2.27. The van der Waals surface area contributed by atoms with Gasteiger partial charge >= 0.3 is 0 Å². The van der Waals surface area contributed by atoms with Gasteiger partial charge in [0.25, 0.3) is 0 Å². The molecule has 1 unspecified atom stereocenters. The van der Waals surface area contributed by atoms with Crippen molar-refractivity contribution in [2.75, 3.05) is 0 Å². The van der Waals surface area contributed by atoms with E-state index in [4.69, 9.17) is 4.42 Å². The van der Waals surface area contributed by atoms with Crippen LogP contribution in [0.5, 0.6) is 0 Å². The lowest BCUT2D eigenvalue weighted by Gasteiger charge is -2.11. The zero-order valence-electron chi connectivity index (χ0n) is 8.06. The smallest absolute Gasteiger partial charge is 0.0935 e. The molecule has 15 heavy (non-hydrogen) atoms. The van der Waals surface area contributed by atoms with Crippen molar-refractivity contribution in [3.63, 3.8) is 0 Å². The quantitative estimate of drug-likeness (QED) is 0.883. The molecule has 0 bridgehead atoms. The average Bonchev–Trinajstić information content (AvgIpc) is 2.71. The minimum atomic E-state index is -0.462. The molecule has 78 valence electrons. The highest BCUT2D eigenvalue weighted by molar-refractivity contribution is 14.1. The number of aliphatic hydroxyl groups is 1. The van der Waals surface area contributed by atoms with Crippen LogP contribution >= 0.6 is 22.6 Å². The summed E-state index contributed by atoms with van der Waals surface area (Å²) in [5.41, 5.74) is 1.99. The summed E-state index contributed by atoms with van der Waals surface area (Å²) in [6, 6.07) is 9.73. The Morgan fingerprint density at radius 1 is 1.27 bits per heavy atom. The zero-order chi connectivity index (χ0) is 10.7. The van der Waals surface area contributed by atoms with Crippen LogP contribution < -0.4 is 0 Å². The first kappa shape index (κ1) is 10.7. The molecule has 2 rings (SSSR count). The summed E-state index contributed by atoms with van der Waals surface area (Å²) in [5.74, 6) is 0. The molecular weight excluding hydrogens is 303 g/mol. The molecule has 0 saturated carbocycles. The van der Waals surface area contributed by atoms with Crippen molar-refractivity contribution in [1.82, 2.24) is 0 Å². The number of halogens is 1. The average molecular weight is 314 g/mol. The van der Waals surface area contributed by atoms with Crippen molar-refractivity contribution >= 4 is 22.6 Å². The Balaban J connectivity index is 2.15. The maximum Gasteiger partial charge on any atom is 0.0935 e. The van der Waals surface area contributed by atoms with Gasteiger partial charge in [0.05, 0.1) is 18.6 Å². The Labute approximate surface area is 102 Å². The lowest BCUT2D eigenvalue weighted by atomic mass is 10.0. The van der Waals surface area contributed by atoms with E-state index in [1.54, 1.807) is 12.5 Å². The highest BCUT2D eigenvalue weighted by Gasteiger charge is 2.11. The van der Waals surface area contributed by atoms with Crippen molar-refractivity contribution in [3.8, 4) is 0 Å². The van der Waals surface area contributed by atoms with Gasteiger partial charge in [0.15, 0.2) is 0 Å². The summed E-state index contributed by atoms with van der Waals surface area (Å²) in [7, 11) is 0. The largest absolute Gasteiger partial charge is 0.472 e. The van der Waals surface area contributed by atoms with Gasteiger partial charge in [0.1, 0.15) is 0 Å². The SMILES string of the molecule is OC(Cc1ccoc1)c1ccccc1I. The number of hydrogen-bond donors (Lipinski definition) is 1. The van der Waals surface area contributed by atoms with Gasteiger partial charge in [0, 0.05) is 9.99 Å². The van der Waals surface area contributed by atoms with Crippen molar-refractivity contribution in [3.05, 3.63) is 57.6 Å². The predicted octanol–water partition coefficient (Wildman–Crippen LogP) is 3.16. The number of furan rings is 1. The van der Waals surface area contributed by atoms with Gasteiger partial charge in [-0.15, -0.1) is 0 Å². The van der Waals surface area contributed by atoms with Crippen LogP contribution in [0, 0.1) is 3.57 Å². The fourth-order valence-corrected chi connectivity index (χ4v) is 2.23. The standard InChI is InChI=1S/C12H11IO2/c13-11-4-2-1-3-10(11)12(14)7-9-5-6-15-8-9/h1-6,8,12,14H,7H2. The lowest BCUT2D eigenvalue weighted by Crippen LogP contribution is -2.02. The van der Waals surface area contributed by atoms with Crippen molar-refractivity contribution in [2.45, 2.75) is 12.5 Å². The highest BCUT2D eigenvalue weighted by atomic mass is 127. The zero-order valence-corrected chi connectivity index (χ0v) is 10.2. The van der Waals surface area contributed by atoms with E-state index in [-0.39, 0.29) is 0 Å². The van der Waals surface area contributed by atoms with Crippen LogP contribution in [-0.4, -0.2) is 5.11 Å². The van der Waals surface area contributed by atoms with Crippen LogP contribution in [0.4, 0.5) is 0 Å². The molecule has 0 radical (unpaired) electrons. The molecule has 1 atom stereocenters. The first-order valence-corrected chi connectivity index (χ1v) is 5.79. The molecule has 1 heterocycles. The van der Waals surface area contributed by atoms with Gasteiger partial charge in [-0.3, -0.25) is 0 Å². The van der Waals surface area contributed by atoms with Crippen molar-refractivity contribution in [1.29, 1.82) is 0 Å². The summed E-state index contributed by atoms with van der Waals surface area (Å²) >= 11 is 2.23. The Morgan fingerprint density at radius 2 is 2.07 bits per heavy atom. The summed E-state index contributed by atoms with van der Waals surface area (Å²) in [4.78, 5) is 0. The van der Waals surface area contributed by atoms with Gasteiger partial charge in [0.2, 0.25) is 0 Å². The van der Waals surface area contributed by atoms with Crippen molar-refractivity contribution < 1.29 is 9.52 Å². The van der Waals surface area contributed by atoms with Crippen LogP contribution in [0.2, 0.25) is 0 Å². The fraction of sp³-hybridized carbons (Fsp3) is 0.167. The molecule has 0 aliphatic heterocycles. The normalized spacial score (nSPS) is 12.7. The molecule has 0 amide bonds. The van der Waals surface area contributed by atoms with E-state index < -0.39 is 6.10 Å². The Bertz CT molecular complexity index is 423. The van der Waals surface area contributed by atoms with Gasteiger partial charge in [-0.25, -0.2) is 0 Å². The summed E-state index contributed by atoms with van der Waals surface area (Å²) < 4.78 is 6.06. The number of aliphatic hydroxyl groups excluding tert-OH is 1. The maximum atomic E-state index is 10.0. The van der Waals surface area contributed by atoms with Gasteiger partial charge in [-0.05, 0) is 45.9 Å². The number of rotatable bonds is 3. The number of hydrogen-bond acceptors (Lipinski definition) is 2.